The lowest BCUT2D eigenvalue weighted by atomic mass is 10.1. The molecule has 0 saturated heterocycles. The summed E-state index contributed by atoms with van der Waals surface area (Å²) in [6.07, 6.45) is 1.03. The molecule has 0 aliphatic heterocycles. The molecule has 4 rings (SSSR count). The van der Waals surface area contributed by atoms with Crippen molar-refractivity contribution >= 4 is 159 Å². The zero-order valence-corrected chi connectivity index (χ0v) is 42.2. The molecule has 20 heteroatoms. The van der Waals surface area contributed by atoms with Crippen LogP contribution in [0.15, 0.2) is 60.7 Å². The maximum Gasteiger partial charge on any atom is 0.337 e. The van der Waals surface area contributed by atoms with E-state index >= 15 is 0 Å². The van der Waals surface area contributed by atoms with Crippen LogP contribution >= 0.6 is 136 Å². The maximum atomic E-state index is 12.4. The Balaban J connectivity index is 1.16. The topological polar surface area (TPSA) is 216 Å². The highest BCUT2D eigenvalue weighted by molar-refractivity contribution is 14.1. The van der Waals surface area contributed by atoms with E-state index in [1.165, 1.54) is 0 Å². The fourth-order valence-corrected chi connectivity index (χ4v) is 10.1. The van der Waals surface area contributed by atoms with Crippen LogP contribution in [0.1, 0.15) is 17.5 Å². The van der Waals surface area contributed by atoms with Crippen LogP contribution in [0.5, 0.6) is 34.5 Å². The summed E-state index contributed by atoms with van der Waals surface area (Å²) in [5.41, 5.74) is 13.1. The molecular formula is C37H32I6N2O12. The van der Waals surface area contributed by atoms with E-state index in [4.69, 9.17) is 50.1 Å². The quantitative estimate of drug-likeness (QED) is 0.0288. The smallest absolute Gasteiger partial charge is 0.337 e. The third-order valence-corrected chi connectivity index (χ3v) is 12.3. The number of nitrogens with two attached hydrogens (primary N) is 2. The average molecular weight is 1460 g/mol. The molecular weight excluding hydrogens is 1430 g/mol. The summed E-state index contributed by atoms with van der Waals surface area (Å²) < 4.78 is 38.4. The summed E-state index contributed by atoms with van der Waals surface area (Å²) in [4.78, 5) is 47.0. The lowest BCUT2D eigenvalue weighted by Crippen LogP contribution is -2.32. The number of halogens is 6. The number of carbonyl (C=O) groups is 4. The van der Waals surface area contributed by atoms with Gasteiger partial charge >= 0.3 is 23.9 Å². The van der Waals surface area contributed by atoms with E-state index in [2.05, 4.69) is 90.4 Å². The minimum absolute atomic E-state index is 0.0303. The SMILES string of the molecule is NC(CCc1cc(I)c(Oc2ccc(OC(=O)COCCOCC(=O)Oc3ccc(Oc4c(I)cc(CC(N)C(=O)O)cc4I)cc3I)c(I)c2)c(I)c1)C(=O)O. The highest BCUT2D eigenvalue weighted by Crippen LogP contribution is 2.37. The van der Waals surface area contributed by atoms with Gasteiger partial charge < -0.3 is 50.1 Å². The number of carbonyl (C=O) groups excluding carboxylic acids is 2. The monoisotopic (exact) mass is 1460 g/mol. The molecule has 2 unspecified atom stereocenters. The highest BCUT2D eigenvalue weighted by atomic mass is 127. The van der Waals surface area contributed by atoms with Crippen LogP contribution in [0.25, 0.3) is 0 Å². The fraction of sp³-hybridized carbons (Fsp3) is 0.243. The average Bonchev–Trinajstić information content (AvgIpc) is 3.13. The number of rotatable bonds is 20. The minimum Gasteiger partial charge on any atom is -0.480 e. The van der Waals surface area contributed by atoms with E-state index in [1.807, 2.05) is 69.4 Å². The van der Waals surface area contributed by atoms with Crippen LogP contribution in [-0.2, 0) is 41.5 Å². The Morgan fingerprint density at radius 1 is 0.561 bits per heavy atom. The number of carboxylic acids is 2. The molecule has 0 spiro atoms. The molecule has 0 amide bonds. The van der Waals surface area contributed by atoms with Gasteiger partial charge in [0.1, 0.15) is 48.3 Å². The summed E-state index contributed by atoms with van der Waals surface area (Å²) in [7, 11) is 0. The molecule has 4 aromatic carbocycles. The van der Waals surface area contributed by atoms with Gasteiger partial charge in [-0.3, -0.25) is 9.59 Å². The van der Waals surface area contributed by atoms with E-state index in [-0.39, 0.29) is 32.8 Å². The Hall–Kier alpha value is -1.42. The van der Waals surface area contributed by atoms with Crippen molar-refractivity contribution in [3.8, 4) is 34.5 Å². The molecule has 304 valence electrons. The largest absolute Gasteiger partial charge is 0.480 e. The van der Waals surface area contributed by atoms with Gasteiger partial charge in [-0.15, -0.1) is 0 Å². The number of hydrogen-bond acceptors (Lipinski definition) is 12. The molecule has 0 heterocycles. The molecule has 0 aromatic heterocycles. The molecule has 0 aliphatic carbocycles. The number of ether oxygens (including phenoxy) is 6. The second kappa shape index (κ2) is 23.5. The molecule has 0 aliphatic rings. The molecule has 14 nitrogen and oxygen atoms in total. The van der Waals surface area contributed by atoms with Crippen LogP contribution in [0, 0.1) is 21.4 Å². The van der Waals surface area contributed by atoms with Gasteiger partial charge in [0.2, 0.25) is 0 Å². The van der Waals surface area contributed by atoms with Crippen molar-refractivity contribution in [2.45, 2.75) is 31.3 Å². The summed E-state index contributed by atoms with van der Waals surface area (Å²) in [6.45, 7) is -0.617. The summed E-state index contributed by atoms with van der Waals surface area (Å²) in [5.74, 6) is -0.383. The summed E-state index contributed by atoms with van der Waals surface area (Å²) in [5, 5.41) is 18.2. The van der Waals surface area contributed by atoms with E-state index < -0.39 is 36.0 Å². The second-order valence-electron chi connectivity index (χ2n) is 11.9. The Bertz CT molecular complexity index is 2080. The van der Waals surface area contributed by atoms with Crippen LogP contribution in [0.4, 0.5) is 0 Å². The Morgan fingerprint density at radius 2 is 0.965 bits per heavy atom. The maximum absolute atomic E-state index is 12.4. The van der Waals surface area contributed by atoms with Gasteiger partial charge in [-0.2, -0.15) is 0 Å². The molecule has 6 N–H and O–H groups in total. The molecule has 57 heavy (non-hydrogen) atoms. The fourth-order valence-electron chi connectivity index (χ4n) is 4.69. The van der Waals surface area contributed by atoms with E-state index in [9.17, 15) is 19.2 Å². The number of hydrogen-bond donors (Lipinski definition) is 4. The van der Waals surface area contributed by atoms with Crippen molar-refractivity contribution in [3.63, 3.8) is 0 Å². The van der Waals surface area contributed by atoms with E-state index in [1.54, 1.807) is 36.4 Å². The summed E-state index contributed by atoms with van der Waals surface area (Å²) >= 11 is 12.7. The number of carboxylic acid groups (broad SMARTS) is 2. The first-order valence-electron chi connectivity index (χ1n) is 16.4. The van der Waals surface area contributed by atoms with Crippen molar-refractivity contribution in [2.75, 3.05) is 26.4 Å². The number of aryl methyl sites for hydroxylation is 1. The van der Waals surface area contributed by atoms with Gasteiger partial charge in [-0.05, 0) is 227 Å². The number of benzene rings is 4. The van der Waals surface area contributed by atoms with Gasteiger partial charge in [-0.25, -0.2) is 9.59 Å². The molecule has 2 atom stereocenters. The van der Waals surface area contributed by atoms with Crippen LogP contribution in [-0.4, -0.2) is 72.6 Å². The van der Waals surface area contributed by atoms with Gasteiger partial charge in [-0.1, -0.05) is 0 Å². The standard InChI is InChI=1S/C37H32I6N2O12/c38-22-14-20(54-34-24(40)9-18(10-25(34)41)1-4-28(44)36(48)49)2-5-30(22)56-32(46)16-52-7-8-53-17-33(47)57-31-6-3-21(15-23(31)39)55-35-26(42)11-19(12-27(35)43)13-29(45)37(50)51/h2-3,5-6,9-12,14-15,28-29H,1,4,7-8,13,16-17,44-45H2,(H,48,49)(H,50,51). The van der Waals surface area contributed by atoms with E-state index in [0.717, 1.165) is 25.4 Å². The second-order valence-corrected chi connectivity index (χ2v) is 18.8. The first kappa shape index (κ1) is 48.2. The van der Waals surface area contributed by atoms with Crippen LogP contribution < -0.4 is 30.4 Å². The third kappa shape index (κ3) is 15.5. The van der Waals surface area contributed by atoms with E-state index in [0.29, 0.717) is 54.5 Å². The number of aliphatic carboxylic acids is 2. The minimum atomic E-state index is -1.07. The molecule has 0 fully saturated rings. The van der Waals surface area contributed by atoms with Gasteiger partial charge in [0.15, 0.2) is 11.5 Å². The number of esters is 2. The predicted molar refractivity (Wildman–Crippen MR) is 258 cm³/mol. The predicted octanol–water partition coefficient (Wildman–Crippen LogP) is 7.74. The van der Waals surface area contributed by atoms with Crippen molar-refractivity contribution in [2.24, 2.45) is 11.5 Å². The molecule has 0 radical (unpaired) electrons. The van der Waals surface area contributed by atoms with Gasteiger partial charge in [0.05, 0.1) is 34.6 Å². The molecule has 0 saturated carbocycles. The highest BCUT2D eigenvalue weighted by Gasteiger charge is 2.18. The normalized spacial score (nSPS) is 12.1. The zero-order chi connectivity index (χ0) is 41.8. The van der Waals surface area contributed by atoms with Gasteiger partial charge in [0.25, 0.3) is 0 Å². The molecule has 0 bridgehead atoms. The lowest BCUT2D eigenvalue weighted by Gasteiger charge is -2.14. The Kier molecular flexibility index (Phi) is 19.9. The first-order valence-corrected chi connectivity index (χ1v) is 22.9. The zero-order valence-electron chi connectivity index (χ0n) is 29.3. The van der Waals surface area contributed by atoms with Crippen LogP contribution in [0.2, 0.25) is 0 Å². The van der Waals surface area contributed by atoms with Crippen molar-refractivity contribution < 1.29 is 57.8 Å². The van der Waals surface area contributed by atoms with Crippen molar-refractivity contribution in [1.29, 1.82) is 0 Å². The third-order valence-electron chi connectivity index (χ3n) is 7.46. The lowest BCUT2D eigenvalue weighted by molar-refractivity contribution is -0.143. The first-order chi connectivity index (χ1) is 27.0. The van der Waals surface area contributed by atoms with Gasteiger partial charge in [0, 0.05) is 0 Å². The Labute approximate surface area is 409 Å². The molecule has 4 aromatic rings. The Morgan fingerprint density at radius 3 is 1.35 bits per heavy atom. The van der Waals surface area contributed by atoms with Crippen LogP contribution in [0.3, 0.4) is 0 Å². The van der Waals surface area contributed by atoms with Crippen molar-refractivity contribution in [1.82, 2.24) is 0 Å². The summed E-state index contributed by atoms with van der Waals surface area (Å²) in [6, 6.07) is 15.6. The van der Waals surface area contributed by atoms with Crippen molar-refractivity contribution in [3.05, 3.63) is 93.2 Å².